The van der Waals surface area contributed by atoms with Gasteiger partial charge in [0.2, 0.25) is 5.60 Å². The number of amides is 1. The zero-order valence-electron chi connectivity index (χ0n) is 12.9. The summed E-state index contributed by atoms with van der Waals surface area (Å²) in [6, 6.07) is 11.3. The molecular weight excluding hydrogens is 354 g/mol. The van der Waals surface area contributed by atoms with Crippen molar-refractivity contribution >= 4 is 33.3 Å². The highest BCUT2D eigenvalue weighted by molar-refractivity contribution is 7.86. The van der Waals surface area contributed by atoms with Crippen LogP contribution in [0.1, 0.15) is 11.1 Å². The molecule has 1 aliphatic rings. The fourth-order valence-electron chi connectivity index (χ4n) is 2.81. The molecule has 1 unspecified atom stereocenters. The maximum absolute atomic E-state index is 12.8. The Hall–Kier alpha value is -2.09. The van der Waals surface area contributed by atoms with Gasteiger partial charge in [-0.15, -0.1) is 0 Å². The zero-order chi connectivity index (χ0) is 17.5. The molecule has 1 aliphatic heterocycles. The van der Waals surface area contributed by atoms with Crippen LogP contribution >= 0.6 is 11.6 Å². The van der Waals surface area contributed by atoms with Crippen molar-refractivity contribution in [3.63, 3.8) is 0 Å². The van der Waals surface area contributed by atoms with Crippen molar-refractivity contribution in [2.45, 2.75) is 5.60 Å². The van der Waals surface area contributed by atoms with Crippen LogP contribution in [-0.2, 0) is 24.7 Å². The van der Waals surface area contributed by atoms with Crippen molar-refractivity contribution in [2.75, 3.05) is 18.7 Å². The summed E-state index contributed by atoms with van der Waals surface area (Å²) in [4.78, 5) is 12.8. The van der Waals surface area contributed by atoms with Crippen molar-refractivity contribution < 1.29 is 22.1 Å². The fourth-order valence-corrected chi connectivity index (χ4v) is 3.69. The SMILES string of the molecule is COc1ccccc1C1(OS(C)(=O)=O)C(=O)Nc2ccc(Cl)cc21. The van der Waals surface area contributed by atoms with Crippen LogP contribution in [0.5, 0.6) is 5.75 Å². The summed E-state index contributed by atoms with van der Waals surface area (Å²) in [5, 5.41) is 2.99. The summed E-state index contributed by atoms with van der Waals surface area (Å²) >= 11 is 6.06. The minimum atomic E-state index is -3.99. The third-order valence-electron chi connectivity index (χ3n) is 3.69. The highest BCUT2D eigenvalue weighted by atomic mass is 35.5. The Balaban J connectivity index is 2.38. The van der Waals surface area contributed by atoms with Crippen LogP contribution in [0, 0.1) is 0 Å². The molecule has 2 aromatic carbocycles. The van der Waals surface area contributed by atoms with E-state index in [1.165, 1.54) is 13.2 Å². The Bertz CT molecular complexity index is 928. The molecule has 0 saturated carbocycles. The largest absolute Gasteiger partial charge is 0.496 e. The smallest absolute Gasteiger partial charge is 0.267 e. The number of hydrogen-bond donors (Lipinski definition) is 1. The van der Waals surface area contributed by atoms with Gasteiger partial charge in [0.1, 0.15) is 5.75 Å². The van der Waals surface area contributed by atoms with Gasteiger partial charge in [0, 0.05) is 21.8 Å². The number of benzene rings is 2. The fraction of sp³-hybridized carbons (Fsp3) is 0.188. The second-order valence-corrected chi connectivity index (χ2v) is 7.32. The molecule has 1 atom stereocenters. The molecular formula is C16H14ClNO5S. The van der Waals surface area contributed by atoms with Gasteiger partial charge in [-0.2, -0.15) is 8.42 Å². The van der Waals surface area contributed by atoms with Crippen LogP contribution in [-0.4, -0.2) is 27.7 Å². The van der Waals surface area contributed by atoms with Gasteiger partial charge >= 0.3 is 0 Å². The van der Waals surface area contributed by atoms with E-state index in [0.717, 1.165) is 6.26 Å². The highest BCUT2D eigenvalue weighted by Crippen LogP contribution is 2.48. The Morgan fingerprint density at radius 2 is 1.83 bits per heavy atom. The average Bonchev–Trinajstić information content (AvgIpc) is 2.78. The number of methoxy groups -OCH3 is 1. The second kappa shape index (κ2) is 5.77. The molecule has 1 amide bonds. The summed E-state index contributed by atoms with van der Waals surface area (Å²) < 4.78 is 34.5. The van der Waals surface area contributed by atoms with Crippen LogP contribution in [0.15, 0.2) is 42.5 Å². The Labute approximate surface area is 144 Å². The number of anilines is 1. The van der Waals surface area contributed by atoms with Gasteiger partial charge in [0.25, 0.3) is 16.0 Å². The normalized spacial score (nSPS) is 19.7. The lowest BCUT2D eigenvalue weighted by molar-refractivity contribution is -0.127. The van der Waals surface area contributed by atoms with E-state index in [1.807, 2.05) is 0 Å². The van der Waals surface area contributed by atoms with Crippen LogP contribution in [0.25, 0.3) is 0 Å². The van der Waals surface area contributed by atoms with E-state index < -0.39 is 21.6 Å². The first kappa shape index (κ1) is 16.8. The molecule has 8 heteroatoms. The average molecular weight is 368 g/mol. The van der Waals surface area contributed by atoms with Crippen LogP contribution in [0.3, 0.4) is 0 Å². The molecule has 6 nitrogen and oxygen atoms in total. The third-order valence-corrected chi connectivity index (χ3v) is 4.48. The minimum absolute atomic E-state index is 0.274. The molecule has 1 heterocycles. The molecule has 0 bridgehead atoms. The predicted octanol–water partition coefficient (Wildman–Crippen LogP) is 2.52. The van der Waals surface area contributed by atoms with Crippen molar-refractivity contribution in [3.8, 4) is 5.75 Å². The van der Waals surface area contributed by atoms with E-state index in [9.17, 15) is 13.2 Å². The summed E-state index contributed by atoms with van der Waals surface area (Å²) in [6.45, 7) is 0. The molecule has 0 fully saturated rings. The van der Waals surface area contributed by atoms with Gasteiger partial charge in [-0.3, -0.25) is 4.79 Å². The second-order valence-electron chi connectivity index (χ2n) is 5.31. The van der Waals surface area contributed by atoms with Crippen LogP contribution in [0.4, 0.5) is 5.69 Å². The monoisotopic (exact) mass is 367 g/mol. The van der Waals surface area contributed by atoms with E-state index in [2.05, 4.69) is 5.32 Å². The van der Waals surface area contributed by atoms with Crippen LogP contribution < -0.4 is 10.1 Å². The molecule has 0 aliphatic carbocycles. The number of para-hydroxylation sites is 1. The first-order valence-corrected chi connectivity index (χ1v) is 9.13. The van der Waals surface area contributed by atoms with Gasteiger partial charge in [-0.05, 0) is 24.3 Å². The molecule has 0 saturated heterocycles. The Kier molecular flexibility index (Phi) is 4.03. The van der Waals surface area contributed by atoms with Crippen molar-refractivity contribution in [1.29, 1.82) is 0 Å². The standard InChI is InChI=1S/C16H14ClNO5S/c1-22-14-6-4-3-5-11(14)16(23-24(2,20)21)12-9-10(17)7-8-13(12)18-15(16)19/h3-9H,1-2H3,(H,18,19). The Morgan fingerprint density at radius 3 is 2.50 bits per heavy atom. The molecule has 24 heavy (non-hydrogen) atoms. The summed E-state index contributed by atoms with van der Waals surface area (Å²) in [6.07, 6.45) is 0.889. The van der Waals surface area contributed by atoms with Gasteiger partial charge in [0.05, 0.1) is 13.4 Å². The van der Waals surface area contributed by atoms with E-state index in [-0.39, 0.29) is 5.56 Å². The van der Waals surface area contributed by atoms with E-state index in [0.29, 0.717) is 22.0 Å². The van der Waals surface area contributed by atoms with E-state index >= 15 is 0 Å². The minimum Gasteiger partial charge on any atom is -0.496 e. The first-order chi connectivity index (χ1) is 11.3. The topological polar surface area (TPSA) is 81.7 Å². The van der Waals surface area contributed by atoms with E-state index in [1.54, 1.807) is 36.4 Å². The molecule has 0 spiro atoms. The Morgan fingerprint density at radius 1 is 1.12 bits per heavy atom. The molecule has 126 valence electrons. The molecule has 1 N–H and O–H groups in total. The first-order valence-electron chi connectivity index (χ1n) is 6.93. The number of carbonyl (C=O) groups excluding carboxylic acids is 1. The van der Waals surface area contributed by atoms with Crippen molar-refractivity contribution in [3.05, 3.63) is 58.6 Å². The molecule has 0 radical (unpaired) electrons. The van der Waals surface area contributed by atoms with Crippen molar-refractivity contribution in [1.82, 2.24) is 0 Å². The van der Waals surface area contributed by atoms with E-state index in [4.69, 9.17) is 20.5 Å². The predicted molar refractivity (Wildman–Crippen MR) is 89.8 cm³/mol. The third kappa shape index (κ3) is 2.64. The van der Waals surface area contributed by atoms with Crippen molar-refractivity contribution in [2.24, 2.45) is 0 Å². The quantitative estimate of drug-likeness (QED) is 0.840. The summed E-state index contributed by atoms with van der Waals surface area (Å²) in [5.41, 5.74) is -0.884. The zero-order valence-corrected chi connectivity index (χ0v) is 14.4. The number of fused-ring (bicyclic) bond motifs is 1. The number of ether oxygens (including phenoxy) is 1. The van der Waals surface area contributed by atoms with Gasteiger partial charge in [-0.1, -0.05) is 29.8 Å². The molecule has 3 rings (SSSR count). The van der Waals surface area contributed by atoms with Gasteiger partial charge < -0.3 is 10.1 Å². The summed E-state index contributed by atoms with van der Waals surface area (Å²) in [7, 11) is -2.56. The van der Waals surface area contributed by atoms with Crippen LogP contribution in [0.2, 0.25) is 5.02 Å². The lowest BCUT2D eigenvalue weighted by Gasteiger charge is -2.28. The molecule has 0 aromatic heterocycles. The number of nitrogens with one attached hydrogen (secondary N) is 1. The lowest BCUT2D eigenvalue weighted by Crippen LogP contribution is -2.40. The van der Waals surface area contributed by atoms with Gasteiger partial charge in [-0.25, -0.2) is 4.18 Å². The number of carbonyl (C=O) groups is 1. The van der Waals surface area contributed by atoms with Gasteiger partial charge in [0.15, 0.2) is 0 Å². The maximum Gasteiger partial charge on any atom is 0.267 e. The lowest BCUT2D eigenvalue weighted by atomic mass is 9.87. The maximum atomic E-state index is 12.8. The summed E-state index contributed by atoms with van der Waals surface area (Å²) in [5.74, 6) is -0.307. The number of halogens is 1. The number of hydrogen-bond acceptors (Lipinski definition) is 5. The molecule has 2 aromatic rings. The highest BCUT2D eigenvalue weighted by Gasteiger charge is 2.53. The number of rotatable bonds is 4.